The van der Waals surface area contributed by atoms with Crippen molar-refractivity contribution in [1.82, 2.24) is 20.4 Å². The van der Waals surface area contributed by atoms with Crippen molar-refractivity contribution in [2.75, 3.05) is 31.1 Å². The lowest BCUT2D eigenvalue weighted by molar-refractivity contribution is 0.729. The highest BCUT2D eigenvalue weighted by Gasteiger charge is 2.10. The first kappa shape index (κ1) is 24.3. The summed E-state index contributed by atoms with van der Waals surface area (Å²) in [7, 11) is 1.98. The summed E-state index contributed by atoms with van der Waals surface area (Å²) < 4.78 is 1.92. The standard InChI is InChI=1S/C21H34N6.HI/c1-7-22-21(24-15-19-17(4)25-26(6)18(19)5)23-13-14-27(8-2)20-12-10-9-11-16(20)3;/h9-12H,7-8,13-15H2,1-6H3,(H2,22,23,24);1H. The number of para-hydroxylation sites is 1. The molecule has 0 saturated carbocycles. The van der Waals surface area contributed by atoms with Gasteiger partial charge in [-0.2, -0.15) is 5.10 Å². The van der Waals surface area contributed by atoms with Gasteiger partial charge in [-0.3, -0.25) is 4.68 Å². The van der Waals surface area contributed by atoms with Crippen LogP contribution < -0.4 is 15.5 Å². The Morgan fingerprint density at radius 2 is 1.86 bits per heavy atom. The number of halogens is 1. The summed E-state index contributed by atoms with van der Waals surface area (Å²) in [6, 6.07) is 8.54. The molecule has 0 aliphatic carbocycles. The minimum atomic E-state index is 0. The molecule has 0 aliphatic rings. The highest BCUT2D eigenvalue weighted by atomic mass is 127. The molecule has 0 fully saturated rings. The fraction of sp³-hybridized carbons (Fsp3) is 0.524. The van der Waals surface area contributed by atoms with Gasteiger partial charge in [-0.25, -0.2) is 4.99 Å². The SMILES string of the molecule is CCNC(=NCc1c(C)nn(C)c1C)NCCN(CC)c1ccccc1C.I. The number of aryl methyl sites for hydroxylation is 3. The van der Waals surface area contributed by atoms with Gasteiger partial charge in [0.05, 0.1) is 12.2 Å². The number of benzene rings is 1. The number of rotatable bonds is 8. The van der Waals surface area contributed by atoms with Gasteiger partial charge < -0.3 is 15.5 Å². The average Bonchev–Trinajstić information content (AvgIpc) is 2.89. The molecule has 0 bridgehead atoms. The van der Waals surface area contributed by atoms with E-state index in [2.05, 4.69) is 72.6 Å². The molecule has 2 N–H and O–H groups in total. The van der Waals surface area contributed by atoms with Gasteiger partial charge in [0, 0.05) is 50.2 Å². The fourth-order valence-electron chi connectivity index (χ4n) is 3.22. The lowest BCUT2D eigenvalue weighted by atomic mass is 10.2. The quantitative estimate of drug-likeness (QED) is 0.332. The van der Waals surface area contributed by atoms with Crippen LogP contribution in [0.4, 0.5) is 5.69 Å². The third-order valence-corrected chi connectivity index (χ3v) is 4.91. The molecule has 0 saturated heterocycles. The molecule has 7 heteroatoms. The van der Waals surface area contributed by atoms with Crippen LogP contribution in [0.25, 0.3) is 0 Å². The summed E-state index contributed by atoms with van der Waals surface area (Å²) in [5.74, 6) is 0.848. The van der Waals surface area contributed by atoms with Gasteiger partial charge in [0.2, 0.25) is 0 Å². The molecule has 2 rings (SSSR count). The van der Waals surface area contributed by atoms with Gasteiger partial charge in [-0.1, -0.05) is 18.2 Å². The van der Waals surface area contributed by atoms with Gasteiger partial charge in [0.15, 0.2) is 5.96 Å². The molecule has 2 aromatic rings. The highest BCUT2D eigenvalue weighted by molar-refractivity contribution is 14.0. The Bertz CT molecular complexity index is 768. The van der Waals surface area contributed by atoms with E-state index in [0.29, 0.717) is 6.54 Å². The summed E-state index contributed by atoms with van der Waals surface area (Å²) in [4.78, 5) is 7.14. The van der Waals surface area contributed by atoms with Crippen molar-refractivity contribution in [1.29, 1.82) is 0 Å². The molecule has 0 unspecified atom stereocenters. The van der Waals surface area contributed by atoms with E-state index in [1.165, 1.54) is 22.5 Å². The third-order valence-electron chi connectivity index (χ3n) is 4.91. The van der Waals surface area contributed by atoms with E-state index in [0.717, 1.165) is 37.8 Å². The largest absolute Gasteiger partial charge is 0.370 e. The number of anilines is 1. The second-order valence-electron chi connectivity index (χ2n) is 6.76. The summed E-state index contributed by atoms with van der Waals surface area (Å²) in [6.07, 6.45) is 0. The van der Waals surface area contributed by atoms with Crippen molar-refractivity contribution in [3.8, 4) is 0 Å². The molecule has 0 aliphatic heterocycles. The number of nitrogens with zero attached hydrogens (tertiary/aromatic N) is 4. The lowest BCUT2D eigenvalue weighted by Gasteiger charge is -2.25. The molecule has 1 heterocycles. The number of nitrogens with one attached hydrogen (secondary N) is 2. The number of aromatic nitrogens is 2. The summed E-state index contributed by atoms with van der Waals surface area (Å²) >= 11 is 0. The molecular formula is C21H35IN6. The van der Waals surface area contributed by atoms with E-state index in [1.807, 2.05) is 18.7 Å². The second-order valence-corrected chi connectivity index (χ2v) is 6.76. The zero-order valence-corrected chi connectivity index (χ0v) is 20.4. The van der Waals surface area contributed by atoms with Crippen LogP contribution in [0.2, 0.25) is 0 Å². The normalized spacial score (nSPS) is 11.1. The number of aliphatic imine (C=N–C) groups is 1. The van der Waals surface area contributed by atoms with Gasteiger partial charge in [-0.15, -0.1) is 24.0 Å². The van der Waals surface area contributed by atoms with Crippen LogP contribution in [-0.2, 0) is 13.6 Å². The van der Waals surface area contributed by atoms with Crippen molar-refractivity contribution in [2.45, 2.75) is 41.2 Å². The minimum absolute atomic E-state index is 0. The van der Waals surface area contributed by atoms with E-state index in [9.17, 15) is 0 Å². The van der Waals surface area contributed by atoms with Gasteiger partial charge >= 0.3 is 0 Å². The lowest BCUT2D eigenvalue weighted by Crippen LogP contribution is -2.41. The number of guanidine groups is 1. The zero-order chi connectivity index (χ0) is 19.8. The summed E-state index contributed by atoms with van der Waals surface area (Å²) in [5.41, 5.74) is 6.02. The first-order valence-corrected chi connectivity index (χ1v) is 9.79. The van der Waals surface area contributed by atoms with E-state index in [-0.39, 0.29) is 24.0 Å². The minimum Gasteiger partial charge on any atom is -0.370 e. The van der Waals surface area contributed by atoms with Crippen molar-refractivity contribution in [3.05, 3.63) is 46.8 Å². The summed E-state index contributed by atoms with van der Waals surface area (Å²) in [6.45, 7) is 14.8. The molecule has 0 atom stereocenters. The van der Waals surface area contributed by atoms with Crippen LogP contribution >= 0.6 is 24.0 Å². The van der Waals surface area contributed by atoms with Crippen molar-refractivity contribution < 1.29 is 0 Å². The first-order chi connectivity index (χ1) is 13.0. The predicted molar refractivity (Wildman–Crippen MR) is 130 cm³/mol. The van der Waals surface area contributed by atoms with Gasteiger partial charge in [0.1, 0.15) is 0 Å². The van der Waals surface area contributed by atoms with Crippen molar-refractivity contribution in [2.24, 2.45) is 12.0 Å². The van der Waals surface area contributed by atoms with Crippen LogP contribution in [-0.4, -0.2) is 41.9 Å². The Morgan fingerprint density at radius 3 is 2.43 bits per heavy atom. The Morgan fingerprint density at radius 1 is 1.14 bits per heavy atom. The second kappa shape index (κ2) is 11.9. The van der Waals surface area contributed by atoms with Crippen molar-refractivity contribution >= 4 is 35.6 Å². The molecule has 6 nitrogen and oxygen atoms in total. The molecule has 0 radical (unpaired) electrons. The number of hydrogen-bond acceptors (Lipinski definition) is 3. The Hall–Kier alpha value is -1.77. The predicted octanol–water partition coefficient (Wildman–Crippen LogP) is 3.54. The van der Waals surface area contributed by atoms with Crippen molar-refractivity contribution in [3.63, 3.8) is 0 Å². The number of hydrogen-bond donors (Lipinski definition) is 2. The van der Waals surface area contributed by atoms with E-state index >= 15 is 0 Å². The maximum Gasteiger partial charge on any atom is 0.191 e. The monoisotopic (exact) mass is 498 g/mol. The highest BCUT2D eigenvalue weighted by Crippen LogP contribution is 2.18. The fourth-order valence-corrected chi connectivity index (χ4v) is 3.22. The van der Waals surface area contributed by atoms with Crippen LogP contribution in [0.5, 0.6) is 0 Å². The van der Waals surface area contributed by atoms with Crippen LogP contribution in [0.15, 0.2) is 29.3 Å². The molecular weight excluding hydrogens is 463 g/mol. The van der Waals surface area contributed by atoms with E-state index < -0.39 is 0 Å². The Balaban J connectivity index is 0.00000392. The molecule has 1 aromatic carbocycles. The zero-order valence-electron chi connectivity index (χ0n) is 18.0. The third kappa shape index (κ3) is 6.39. The Labute approximate surface area is 186 Å². The molecule has 1 aromatic heterocycles. The smallest absolute Gasteiger partial charge is 0.191 e. The van der Waals surface area contributed by atoms with Gasteiger partial charge in [0.25, 0.3) is 0 Å². The topological polar surface area (TPSA) is 57.5 Å². The first-order valence-electron chi connectivity index (χ1n) is 9.79. The average molecular weight is 498 g/mol. The molecule has 0 amide bonds. The maximum absolute atomic E-state index is 4.75. The molecule has 28 heavy (non-hydrogen) atoms. The molecule has 0 spiro atoms. The van der Waals surface area contributed by atoms with E-state index in [1.54, 1.807) is 0 Å². The maximum atomic E-state index is 4.75. The summed E-state index contributed by atoms with van der Waals surface area (Å²) in [5, 5.41) is 11.3. The van der Waals surface area contributed by atoms with Gasteiger partial charge in [-0.05, 0) is 46.2 Å². The van der Waals surface area contributed by atoms with Crippen LogP contribution in [0.3, 0.4) is 0 Å². The van der Waals surface area contributed by atoms with Crippen LogP contribution in [0, 0.1) is 20.8 Å². The van der Waals surface area contributed by atoms with Crippen LogP contribution in [0.1, 0.15) is 36.4 Å². The molecule has 156 valence electrons. The Kier molecular flexibility index (Phi) is 10.3. The number of likely N-dealkylation sites (N-methyl/N-ethyl adjacent to an activating group) is 1. The van der Waals surface area contributed by atoms with E-state index in [4.69, 9.17) is 4.99 Å².